The molecule has 2 amide bonds. The summed E-state index contributed by atoms with van der Waals surface area (Å²) in [4.78, 5) is 30.4. The Morgan fingerprint density at radius 3 is 2.60 bits per heavy atom. The van der Waals surface area contributed by atoms with E-state index in [0.29, 0.717) is 31.8 Å². The zero-order chi connectivity index (χ0) is 25.1. The van der Waals surface area contributed by atoms with E-state index < -0.39 is 11.7 Å². The molecule has 1 unspecified atom stereocenters. The van der Waals surface area contributed by atoms with E-state index in [1.54, 1.807) is 17.0 Å². The molecule has 2 saturated heterocycles. The van der Waals surface area contributed by atoms with E-state index >= 15 is 0 Å². The van der Waals surface area contributed by atoms with E-state index in [9.17, 15) is 22.8 Å². The number of ether oxygens (including phenoxy) is 1. The SMILES string of the molecule is CC(=O)NCC1CCC2(CCN(C(=O)c3cccnc3Nc3cccc(C(F)(F)F)c3)CC2)CO1. The molecular formula is C25H29F3N4O3. The minimum absolute atomic E-state index is 0.0176. The molecule has 1 spiro atoms. The van der Waals surface area contributed by atoms with Crippen molar-refractivity contribution in [2.75, 3.05) is 31.6 Å². The number of hydrogen-bond donors (Lipinski definition) is 2. The standard InChI is InChI=1S/C25H29F3N4O3/c1-17(33)30-15-20-7-8-24(16-35-20)9-12-32(13-10-24)23(34)21-6-3-11-29-22(21)31-19-5-2-4-18(14-19)25(26,27)28/h2-6,11,14,20H,7-10,12-13,15-16H2,1H3,(H,29,31)(H,30,33). The monoisotopic (exact) mass is 490 g/mol. The number of nitrogens with zero attached hydrogens (tertiary/aromatic N) is 2. The van der Waals surface area contributed by atoms with Gasteiger partial charge >= 0.3 is 6.18 Å². The highest BCUT2D eigenvalue weighted by Gasteiger charge is 2.40. The zero-order valence-corrected chi connectivity index (χ0v) is 19.5. The maximum atomic E-state index is 13.3. The molecule has 188 valence electrons. The molecule has 2 aliphatic rings. The molecule has 35 heavy (non-hydrogen) atoms. The van der Waals surface area contributed by atoms with Gasteiger partial charge in [-0.05, 0) is 61.4 Å². The van der Waals surface area contributed by atoms with Crippen LogP contribution in [0.25, 0.3) is 0 Å². The second-order valence-electron chi connectivity index (χ2n) is 9.30. The summed E-state index contributed by atoms with van der Waals surface area (Å²) in [5.74, 6) is -0.0559. The average molecular weight is 491 g/mol. The van der Waals surface area contributed by atoms with Gasteiger partial charge in [0.1, 0.15) is 5.82 Å². The van der Waals surface area contributed by atoms with Gasteiger partial charge < -0.3 is 20.3 Å². The number of pyridine rings is 1. The first-order valence-electron chi connectivity index (χ1n) is 11.7. The topological polar surface area (TPSA) is 83.6 Å². The number of halogens is 3. The van der Waals surface area contributed by atoms with Gasteiger partial charge in [0.2, 0.25) is 5.91 Å². The van der Waals surface area contributed by atoms with E-state index in [2.05, 4.69) is 15.6 Å². The molecule has 4 rings (SSSR count). The highest BCUT2D eigenvalue weighted by Crippen LogP contribution is 2.41. The summed E-state index contributed by atoms with van der Waals surface area (Å²) in [6.45, 7) is 3.74. The van der Waals surface area contributed by atoms with Crippen LogP contribution >= 0.6 is 0 Å². The van der Waals surface area contributed by atoms with Gasteiger partial charge in [0.05, 0.1) is 23.8 Å². The summed E-state index contributed by atoms with van der Waals surface area (Å²) in [6, 6.07) is 8.08. The number of nitrogens with one attached hydrogen (secondary N) is 2. The first-order valence-corrected chi connectivity index (χ1v) is 11.7. The summed E-state index contributed by atoms with van der Waals surface area (Å²) in [5, 5.41) is 5.67. The van der Waals surface area contributed by atoms with Crippen molar-refractivity contribution in [2.45, 2.75) is 44.9 Å². The second kappa shape index (κ2) is 10.2. The minimum atomic E-state index is -4.46. The van der Waals surface area contributed by atoms with Gasteiger partial charge in [-0.2, -0.15) is 13.2 Å². The van der Waals surface area contributed by atoms with Crippen molar-refractivity contribution in [1.82, 2.24) is 15.2 Å². The third kappa shape index (κ3) is 6.11. The van der Waals surface area contributed by atoms with Gasteiger partial charge in [-0.1, -0.05) is 6.07 Å². The maximum Gasteiger partial charge on any atom is 0.416 e. The molecule has 2 fully saturated rings. The molecule has 3 heterocycles. The van der Waals surface area contributed by atoms with Crippen LogP contribution in [0.15, 0.2) is 42.6 Å². The van der Waals surface area contributed by atoms with E-state index in [1.807, 2.05) is 0 Å². The fourth-order valence-electron chi connectivity index (χ4n) is 4.67. The third-order valence-corrected chi connectivity index (χ3v) is 6.80. The van der Waals surface area contributed by atoms with E-state index in [4.69, 9.17) is 4.74 Å². The quantitative estimate of drug-likeness (QED) is 0.650. The fourth-order valence-corrected chi connectivity index (χ4v) is 4.67. The zero-order valence-electron chi connectivity index (χ0n) is 19.5. The number of rotatable bonds is 5. The number of aromatic nitrogens is 1. The molecule has 0 bridgehead atoms. The molecule has 2 aliphatic heterocycles. The molecule has 7 nitrogen and oxygen atoms in total. The normalized spacial score (nSPS) is 19.9. The molecule has 2 N–H and O–H groups in total. The summed E-state index contributed by atoms with van der Waals surface area (Å²) in [6.07, 6.45) is 0.510. The van der Waals surface area contributed by atoms with Crippen LogP contribution in [0, 0.1) is 5.41 Å². The number of carbonyl (C=O) groups is 2. The third-order valence-electron chi connectivity index (χ3n) is 6.80. The van der Waals surface area contributed by atoms with Gasteiger partial charge in [-0.25, -0.2) is 4.98 Å². The largest absolute Gasteiger partial charge is 0.416 e. The first-order chi connectivity index (χ1) is 16.7. The lowest BCUT2D eigenvalue weighted by atomic mass is 9.73. The Balaban J connectivity index is 1.38. The van der Waals surface area contributed by atoms with Gasteiger partial charge in [-0.3, -0.25) is 9.59 Å². The molecule has 1 atom stereocenters. The smallest absolute Gasteiger partial charge is 0.376 e. The van der Waals surface area contributed by atoms with Crippen LogP contribution in [0.1, 0.15) is 48.5 Å². The lowest BCUT2D eigenvalue weighted by molar-refractivity contribution is -0.137. The average Bonchev–Trinajstić information content (AvgIpc) is 2.84. The molecule has 2 aromatic rings. The lowest BCUT2D eigenvalue weighted by Crippen LogP contribution is -2.48. The van der Waals surface area contributed by atoms with Crippen LogP contribution in [0.3, 0.4) is 0 Å². The predicted molar refractivity (Wildman–Crippen MR) is 124 cm³/mol. The van der Waals surface area contributed by atoms with Gasteiger partial charge in [0, 0.05) is 38.4 Å². The number of benzene rings is 1. The molecule has 1 aromatic carbocycles. The van der Waals surface area contributed by atoms with Crippen molar-refractivity contribution in [3.63, 3.8) is 0 Å². The van der Waals surface area contributed by atoms with E-state index in [1.165, 1.54) is 25.3 Å². The second-order valence-corrected chi connectivity index (χ2v) is 9.30. The van der Waals surface area contributed by atoms with Crippen molar-refractivity contribution in [3.8, 4) is 0 Å². The lowest BCUT2D eigenvalue weighted by Gasteiger charge is -2.45. The van der Waals surface area contributed by atoms with Crippen molar-refractivity contribution >= 4 is 23.3 Å². The minimum Gasteiger partial charge on any atom is -0.376 e. The molecule has 0 radical (unpaired) electrons. The Morgan fingerprint density at radius 1 is 1.17 bits per heavy atom. The van der Waals surface area contributed by atoms with Crippen LogP contribution in [0.2, 0.25) is 0 Å². The Hall–Kier alpha value is -3.14. The Kier molecular flexibility index (Phi) is 7.30. The summed E-state index contributed by atoms with van der Waals surface area (Å²) >= 11 is 0. The van der Waals surface area contributed by atoms with Crippen LogP contribution in [-0.4, -0.2) is 54.0 Å². The van der Waals surface area contributed by atoms with Crippen molar-refractivity contribution in [3.05, 3.63) is 53.7 Å². The number of hydrogen-bond acceptors (Lipinski definition) is 5. The first kappa shape index (κ1) is 25.0. The van der Waals surface area contributed by atoms with E-state index in [-0.39, 0.29) is 34.8 Å². The highest BCUT2D eigenvalue weighted by molar-refractivity contribution is 5.99. The highest BCUT2D eigenvalue weighted by atomic mass is 19.4. The summed E-state index contributed by atoms with van der Waals surface area (Å²) in [7, 11) is 0. The van der Waals surface area contributed by atoms with Crippen molar-refractivity contribution in [1.29, 1.82) is 0 Å². The Morgan fingerprint density at radius 2 is 1.94 bits per heavy atom. The predicted octanol–water partition coefficient (Wildman–Crippen LogP) is 4.38. The van der Waals surface area contributed by atoms with Gasteiger partial charge in [0.15, 0.2) is 0 Å². The fraction of sp³-hybridized carbons (Fsp3) is 0.480. The van der Waals surface area contributed by atoms with Crippen molar-refractivity contribution < 1.29 is 27.5 Å². The van der Waals surface area contributed by atoms with Gasteiger partial charge in [-0.15, -0.1) is 0 Å². The number of amides is 2. The molecule has 0 aliphatic carbocycles. The van der Waals surface area contributed by atoms with Crippen molar-refractivity contribution in [2.24, 2.45) is 5.41 Å². The van der Waals surface area contributed by atoms with Crippen LogP contribution < -0.4 is 10.6 Å². The Bertz CT molecular complexity index is 1060. The number of carbonyl (C=O) groups excluding carboxylic acids is 2. The van der Waals surface area contributed by atoms with Crippen LogP contribution in [0.4, 0.5) is 24.7 Å². The van der Waals surface area contributed by atoms with Crippen LogP contribution in [0.5, 0.6) is 0 Å². The summed E-state index contributed by atoms with van der Waals surface area (Å²) < 4.78 is 45.2. The molecule has 0 saturated carbocycles. The number of anilines is 2. The number of likely N-dealkylation sites (tertiary alicyclic amines) is 1. The number of piperidine rings is 1. The number of alkyl halides is 3. The molecule has 1 aromatic heterocycles. The van der Waals surface area contributed by atoms with Gasteiger partial charge in [0.25, 0.3) is 5.91 Å². The van der Waals surface area contributed by atoms with Crippen LogP contribution in [-0.2, 0) is 15.7 Å². The molecular weight excluding hydrogens is 461 g/mol. The summed E-state index contributed by atoms with van der Waals surface area (Å²) in [5.41, 5.74) is -0.228. The van der Waals surface area contributed by atoms with E-state index in [0.717, 1.165) is 37.8 Å². The molecule has 10 heteroatoms. The maximum absolute atomic E-state index is 13.3. The Labute approximate surface area is 202 Å².